The SMILES string of the molecule is Cc1cccc(C(=O)N[C@@H](Sc2ccccn2)C(Cl)(Cl)Cl)c1. The van der Waals surface area contributed by atoms with E-state index >= 15 is 0 Å². The number of rotatable bonds is 4. The normalized spacial score (nSPS) is 12.7. The van der Waals surface area contributed by atoms with Gasteiger partial charge in [0, 0.05) is 11.8 Å². The van der Waals surface area contributed by atoms with Crippen molar-refractivity contribution in [3.05, 3.63) is 59.8 Å². The van der Waals surface area contributed by atoms with Crippen LogP contribution in [0.1, 0.15) is 15.9 Å². The van der Waals surface area contributed by atoms with E-state index in [9.17, 15) is 4.79 Å². The Morgan fingerprint density at radius 2 is 2.00 bits per heavy atom. The predicted octanol–water partition coefficient (Wildman–Crippen LogP) is 4.61. The largest absolute Gasteiger partial charge is 0.336 e. The minimum absolute atomic E-state index is 0.302. The van der Waals surface area contributed by atoms with Crippen LogP contribution in [0.5, 0.6) is 0 Å². The molecule has 7 heteroatoms. The quantitative estimate of drug-likeness (QED) is 0.482. The third-order valence-electron chi connectivity index (χ3n) is 2.72. The summed E-state index contributed by atoms with van der Waals surface area (Å²) < 4.78 is -1.67. The summed E-state index contributed by atoms with van der Waals surface area (Å²) in [5.41, 5.74) is 1.50. The van der Waals surface area contributed by atoms with Gasteiger partial charge in [0.25, 0.3) is 5.91 Å². The van der Waals surface area contributed by atoms with Crippen LogP contribution in [0.2, 0.25) is 0 Å². The first-order valence-electron chi connectivity index (χ1n) is 6.38. The average molecular weight is 376 g/mol. The Morgan fingerprint density at radius 3 is 2.59 bits per heavy atom. The van der Waals surface area contributed by atoms with Crippen molar-refractivity contribution in [3.63, 3.8) is 0 Å². The predicted molar refractivity (Wildman–Crippen MR) is 92.8 cm³/mol. The molecular weight excluding hydrogens is 363 g/mol. The second-order valence-corrected chi connectivity index (χ2v) is 8.04. The average Bonchev–Trinajstić information content (AvgIpc) is 2.46. The summed E-state index contributed by atoms with van der Waals surface area (Å²) in [5.74, 6) is -0.302. The van der Waals surface area contributed by atoms with Crippen LogP contribution in [0.4, 0.5) is 0 Å². The number of hydrogen-bond acceptors (Lipinski definition) is 3. The highest BCUT2D eigenvalue weighted by atomic mass is 35.6. The van der Waals surface area contributed by atoms with E-state index in [-0.39, 0.29) is 5.91 Å². The Morgan fingerprint density at radius 1 is 1.23 bits per heavy atom. The molecule has 0 saturated heterocycles. The Bertz CT molecular complexity index is 647. The van der Waals surface area contributed by atoms with Gasteiger partial charge in [-0.25, -0.2) is 4.98 Å². The number of aryl methyl sites for hydroxylation is 1. The molecular formula is C15H13Cl3N2OS. The molecule has 2 rings (SSSR count). The van der Waals surface area contributed by atoms with E-state index in [4.69, 9.17) is 34.8 Å². The minimum Gasteiger partial charge on any atom is -0.336 e. The lowest BCUT2D eigenvalue weighted by Crippen LogP contribution is -2.41. The van der Waals surface area contributed by atoms with Crippen LogP contribution in [-0.2, 0) is 0 Å². The van der Waals surface area contributed by atoms with Crippen LogP contribution >= 0.6 is 46.6 Å². The van der Waals surface area contributed by atoms with E-state index in [0.29, 0.717) is 10.6 Å². The second-order valence-electron chi connectivity index (χ2n) is 4.55. The molecule has 0 aliphatic carbocycles. The molecule has 1 N–H and O–H groups in total. The molecule has 116 valence electrons. The van der Waals surface area contributed by atoms with Gasteiger partial charge in [0.2, 0.25) is 3.79 Å². The summed E-state index contributed by atoms with van der Waals surface area (Å²) >= 11 is 19.1. The number of nitrogens with one attached hydrogen (secondary N) is 1. The fourth-order valence-corrected chi connectivity index (χ4v) is 3.09. The van der Waals surface area contributed by atoms with E-state index < -0.39 is 9.17 Å². The molecule has 0 spiro atoms. The molecule has 0 aliphatic rings. The highest BCUT2D eigenvalue weighted by molar-refractivity contribution is 8.00. The van der Waals surface area contributed by atoms with E-state index in [1.54, 1.807) is 36.5 Å². The summed E-state index contributed by atoms with van der Waals surface area (Å²) in [6.07, 6.45) is 1.64. The third kappa shape index (κ3) is 5.06. The second kappa shape index (κ2) is 7.55. The molecule has 1 amide bonds. The molecule has 2 aromatic rings. The van der Waals surface area contributed by atoms with Crippen LogP contribution in [0, 0.1) is 6.92 Å². The maximum absolute atomic E-state index is 12.3. The first-order chi connectivity index (χ1) is 10.4. The Labute approximate surface area is 148 Å². The molecule has 0 saturated carbocycles. The zero-order valence-electron chi connectivity index (χ0n) is 11.6. The lowest BCUT2D eigenvalue weighted by Gasteiger charge is -2.24. The summed E-state index contributed by atoms with van der Waals surface area (Å²) in [6.45, 7) is 1.91. The van der Waals surface area contributed by atoms with Crippen LogP contribution in [0.25, 0.3) is 0 Å². The van der Waals surface area contributed by atoms with Gasteiger partial charge in [0.1, 0.15) is 5.37 Å². The monoisotopic (exact) mass is 374 g/mol. The Balaban J connectivity index is 2.15. The van der Waals surface area contributed by atoms with Crippen LogP contribution < -0.4 is 5.32 Å². The number of hydrogen-bond donors (Lipinski definition) is 1. The van der Waals surface area contributed by atoms with Crippen LogP contribution in [0.15, 0.2) is 53.7 Å². The van der Waals surface area contributed by atoms with Crippen LogP contribution in [0.3, 0.4) is 0 Å². The van der Waals surface area contributed by atoms with Gasteiger partial charge in [-0.2, -0.15) is 0 Å². The molecule has 0 radical (unpaired) electrons. The molecule has 3 nitrogen and oxygen atoms in total. The molecule has 0 unspecified atom stereocenters. The summed E-state index contributed by atoms with van der Waals surface area (Å²) in [4.78, 5) is 16.5. The van der Waals surface area contributed by atoms with Gasteiger partial charge >= 0.3 is 0 Å². The maximum Gasteiger partial charge on any atom is 0.252 e. The van der Waals surface area contributed by atoms with Gasteiger partial charge in [-0.1, -0.05) is 70.3 Å². The minimum atomic E-state index is -1.67. The van der Waals surface area contributed by atoms with Crippen molar-refractivity contribution in [2.75, 3.05) is 0 Å². The van der Waals surface area contributed by atoms with Crippen molar-refractivity contribution in [2.24, 2.45) is 0 Å². The third-order valence-corrected chi connectivity index (χ3v) is 4.95. The summed E-state index contributed by atoms with van der Waals surface area (Å²) in [6, 6.07) is 12.6. The van der Waals surface area contributed by atoms with Gasteiger partial charge in [0.05, 0.1) is 5.03 Å². The topological polar surface area (TPSA) is 42.0 Å². The number of nitrogens with zero attached hydrogens (tertiary/aromatic N) is 1. The number of pyridine rings is 1. The number of halogens is 3. The highest BCUT2D eigenvalue weighted by Gasteiger charge is 2.35. The van der Waals surface area contributed by atoms with Gasteiger partial charge in [0.15, 0.2) is 0 Å². The van der Waals surface area contributed by atoms with Crippen molar-refractivity contribution in [1.82, 2.24) is 10.3 Å². The van der Waals surface area contributed by atoms with Crippen molar-refractivity contribution in [3.8, 4) is 0 Å². The van der Waals surface area contributed by atoms with Crippen molar-refractivity contribution < 1.29 is 4.79 Å². The lowest BCUT2D eigenvalue weighted by atomic mass is 10.1. The lowest BCUT2D eigenvalue weighted by molar-refractivity contribution is 0.0950. The van der Waals surface area contributed by atoms with Crippen LogP contribution in [-0.4, -0.2) is 20.1 Å². The fraction of sp³-hybridized carbons (Fsp3) is 0.200. The van der Waals surface area contributed by atoms with Gasteiger partial charge in [-0.05, 0) is 31.2 Å². The Kier molecular flexibility index (Phi) is 5.98. The van der Waals surface area contributed by atoms with Gasteiger partial charge in [-0.15, -0.1) is 0 Å². The number of carbonyl (C=O) groups is 1. The number of aromatic nitrogens is 1. The van der Waals surface area contributed by atoms with Crippen molar-refractivity contribution in [2.45, 2.75) is 21.1 Å². The number of carbonyl (C=O) groups excluding carboxylic acids is 1. The van der Waals surface area contributed by atoms with E-state index in [1.165, 1.54) is 11.8 Å². The molecule has 22 heavy (non-hydrogen) atoms. The molecule has 1 aromatic carbocycles. The van der Waals surface area contributed by atoms with Gasteiger partial charge in [-0.3, -0.25) is 4.79 Å². The molecule has 1 aromatic heterocycles. The van der Waals surface area contributed by atoms with Crippen molar-refractivity contribution >= 4 is 52.5 Å². The first kappa shape index (κ1) is 17.4. The standard InChI is InChI=1S/C15H13Cl3N2OS/c1-10-5-4-6-11(9-10)13(21)20-14(15(16,17)18)22-12-7-2-3-8-19-12/h2-9,14H,1H3,(H,20,21)/t14-/m0/s1. The zero-order chi connectivity index (χ0) is 16.2. The molecule has 0 aliphatic heterocycles. The smallest absolute Gasteiger partial charge is 0.252 e. The maximum atomic E-state index is 12.3. The zero-order valence-corrected chi connectivity index (χ0v) is 14.7. The molecule has 0 bridgehead atoms. The fourth-order valence-electron chi connectivity index (χ4n) is 1.70. The molecule has 1 atom stereocenters. The first-order valence-corrected chi connectivity index (χ1v) is 8.39. The Hall–Kier alpha value is -0.940. The molecule has 1 heterocycles. The molecule has 0 fully saturated rings. The summed E-state index contributed by atoms with van der Waals surface area (Å²) in [7, 11) is 0. The van der Waals surface area contributed by atoms with Crippen molar-refractivity contribution in [1.29, 1.82) is 0 Å². The number of amides is 1. The number of benzene rings is 1. The van der Waals surface area contributed by atoms with E-state index in [2.05, 4.69) is 10.3 Å². The number of alkyl halides is 3. The summed E-state index contributed by atoms with van der Waals surface area (Å²) in [5, 5.41) is 2.63. The van der Waals surface area contributed by atoms with E-state index in [1.807, 2.05) is 19.1 Å². The highest BCUT2D eigenvalue weighted by Crippen LogP contribution is 2.38. The number of thioether (sulfide) groups is 1. The van der Waals surface area contributed by atoms with Gasteiger partial charge < -0.3 is 5.32 Å². The van der Waals surface area contributed by atoms with E-state index in [0.717, 1.165) is 5.56 Å².